The topological polar surface area (TPSA) is 85.6 Å². The first kappa shape index (κ1) is 20.6. The van der Waals surface area contributed by atoms with Gasteiger partial charge in [0.05, 0.1) is 18.1 Å². The second kappa shape index (κ2) is 8.92. The molecule has 1 heterocycles. The number of nitrogens with one attached hydrogen (secondary N) is 1. The van der Waals surface area contributed by atoms with Gasteiger partial charge in [0.25, 0.3) is 0 Å². The van der Waals surface area contributed by atoms with E-state index in [9.17, 15) is 14.4 Å². The molecule has 0 saturated carbocycles. The molecule has 3 aromatic rings. The van der Waals surface area contributed by atoms with E-state index >= 15 is 0 Å². The maximum atomic E-state index is 13.1. The van der Waals surface area contributed by atoms with Crippen molar-refractivity contribution in [1.82, 2.24) is 0 Å². The van der Waals surface area contributed by atoms with E-state index in [1.54, 1.807) is 42.5 Å². The monoisotopic (exact) mass is 413 g/mol. The van der Waals surface area contributed by atoms with Crippen LogP contribution in [0.3, 0.4) is 0 Å². The third-order valence-electron chi connectivity index (χ3n) is 4.46. The van der Waals surface area contributed by atoms with Gasteiger partial charge in [-0.1, -0.05) is 25.5 Å². The highest BCUT2D eigenvalue weighted by molar-refractivity contribution is 6.29. The fourth-order valence-corrected chi connectivity index (χ4v) is 3.16. The Bertz CT molecular complexity index is 1120. The van der Waals surface area contributed by atoms with Gasteiger partial charge >= 0.3 is 5.97 Å². The molecule has 6 nitrogen and oxygen atoms in total. The zero-order valence-electron chi connectivity index (χ0n) is 16.1. The maximum absolute atomic E-state index is 13.1. The molecule has 0 saturated heterocycles. The Labute approximate surface area is 172 Å². The van der Waals surface area contributed by atoms with Gasteiger partial charge in [-0.05, 0) is 30.7 Å². The van der Waals surface area contributed by atoms with Crippen LogP contribution >= 0.6 is 11.6 Å². The molecular formula is C22H20ClNO5. The molecule has 1 N–H and O–H groups in total. The van der Waals surface area contributed by atoms with Gasteiger partial charge in [0.15, 0.2) is 5.43 Å². The van der Waals surface area contributed by atoms with Gasteiger partial charge in [0.2, 0.25) is 5.91 Å². The average Bonchev–Trinajstić information content (AvgIpc) is 2.75. The number of benzene rings is 2. The number of carbonyl (C=O) groups is 2. The number of carbonyl (C=O) groups excluding carboxylic acids is 2. The number of rotatable bonds is 6. The molecule has 0 unspecified atom stereocenters. The van der Waals surface area contributed by atoms with E-state index in [4.69, 9.17) is 20.8 Å². The van der Waals surface area contributed by atoms with Crippen molar-refractivity contribution in [2.45, 2.75) is 19.8 Å². The van der Waals surface area contributed by atoms with Gasteiger partial charge in [-0.2, -0.15) is 0 Å². The fraction of sp³-hybridized carbons (Fsp3) is 0.227. The van der Waals surface area contributed by atoms with Crippen molar-refractivity contribution in [3.8, 4) is 11.3 Å². The highest BCUT2D eigenvalue weighted by atomic mass is 35.5. The van der Waals surface area contributed by atoms with E-state index in [2.05, 4.69) is 5.32 Å². The van der Waals surface area contributed by atoms with Gasteiger partial charge in [-0.15, -0.1) is 11.6 Å². The number of ether oxygens (including phenoxy) is 1. The molecule has 0 atom stereocenters. The first-order chi connectivity index (χ1) is 14.0. The van der Waals surface area contributed by atoms with Crippen LogP contribution in [0.15, 0.2) is 51.7 Å². The minimum atomic E-state index is -0.440. The molecular weight excluding hydrogens is 394 g/mol. The second-order valence-electron chi connectivity index (χ2n) is 6.45. The summed E-state index contributed by atoms with van der Waals surface area (Å²) >= 11 is 5.53. The Morgan fingerprint density at radius 2 is 1.86 bits per heavy atom. The first-order valence-electron chi connectivity index (χ1n) is 9.12. The largest absolute Gasteiger partial charge is 0.465 e. The Kier molecular flexibility index (Phi) is 6.34. The normalized spacial score (nSPS) is 10.7. The molecule has 0 spiro atoms. The molecule has 1 amide bonds. The number of alkyl halides is 1. The van der Waals surface area contributed by atoms with Crippen LogP contribution in [-0.2, 0) is 16.0 Å². The predicted molar refractivity (Wildman–Crippen MR) is 113 cm³/mol. The van der Waals surface area contributed by atoms with E-state index in [0.717, 1.165) is 6.42 Å². The van der Waals surface area contributed by atoms with Crippen molar-refractivity contribution in [2.75, 3.05) is 18.3 Å². The minimum Gasteiger partial charge on any atom is -0.465 e. The summed E-state index contributed by atoms with van der Waals surface area (Å²) in [6.45, 7) is 1.98. The van der Waals surface area contributed by atoms with Gasteiger partial charge in [0, 0.05) is 22.9 Å². The molecule has 29 heavy (non-hydrogen) atoms. The van der Waals surface area contributed by atoms with Crippen LogP contribution in [0.1, 0.15) is 29.3 Å². The number of anilines is 1. The summed E-state index contributed by atoms with van der Waals surface area (Å²) in [7, 11) is 1.32. The summed E-state index contributed by atoms with van der Waals surface area (Å²) in [5.74, 6) is -0.518. The fourth-order valence-electron chi connectivity index (χ4n) is 3.09. The summed E-state index contributed by atoms with van der Waals surface area (Å²) in [5, 5.41) is 3.08. The molecule has 1 aromatic heterocycles. The quantitative estimate of drug-likeness (QED) is 0.479. The lowest BCUT2D eigenvalue weighted by molar-refractivity contribution is -0.113. The molecule has 150 valence electrons. The molecule has 0 aliphatic heterocycles. The highest BCUT2D eigenvalue weighted by Gasteiger charge is 2.17. The van der Waals surface area contributed by atoms with E-state index < -0.39 is 5.97 Å². The lowest BCUT2D eigenvalue weighted by atomic mass is 10.00. The van der Waals surface area contributed by atoms with Gasteiger partial charge in [-0.25, -0.2) is 4.79 Å². The Balaban J connectivity index is 2.15. The van der Waals surface area contributed by atoms with Crippen molar-refractivity contribution in [1.29, 1.82) is 0 Å². The van der Waals surface area contributed by atoms with Crippen LogP contribution in [0.25, 0.3) is 22.3 Å². The first-order valence-corrected chi connectivity index (χ1v) is 9.66. The van der Waals surface area contributed by atoms with Crippen LogP contribution in [-0.4, -0.2) is 24.9 Å². The third kappa shape index (κ3) is 4.32. The summed E-state index contributed by atoms with van der Waals surface area (Å²) in [6, 6.07) is 11.6. The minimum absolute atomic E-state index is 0.115. The van der Waals surface area contributed by atoms with E-state index in [1.807, 2.05) is 6.92 Å². The van der Waals surface area contributed by atoms with Gasteiger partial charge < -0.3 is 14.5 Å². The number of halogens is 1. The molecule has 0 aliphatic carbocycles. The molecule has 0 radical (unpaired) electrons. The summed E-state index contributed by atoms with van der Waals surface area (Å²) in [5.41, 5.74) is 2.38. The molecule has 7 heteroatoms. The molecule has 0 aliphatic rings. The molecule has 0 fully saturated rings. The van der Waals surface area contributed by atoms with E-state index in [-0.39, 0.29) is 17.2 Å². The Morgan fingerprint density at radius 1 is 1.14 bits per heavy atom. The Morgan fingerprint density at radius 3 is 2.48 bits per heavy atom. The summed E-state index contributed by atoms with van der Waals surface area (Å²) in [6.07, 6.45) is 1.32. The van der Waals surface area contributed by atoms with Crippen molar-refractivity contribution < 1.29 is 18.7 Å². The molecule has 0 bridgehead atoms. The average molecular weight is 414 g/mol. The number of esters is 1. The van der Waals surface area contributed by atoms with Crippen molar-refractivity contribution in [3.05, 3.63) is 63.8 Å². The number of hydrogen-bond acceptors (Lipinski definition) is 5. The zero-order valence-corrected chi connectivity index (χ0v) is 16.8. The smallest absolute Gasteiger partial charge is 0.337 e. The van der Waals surface area contributed by atoms with Crippen LogP contribution in [0, 0.1) is 0 Å². The van der Waals surface area contributed by atoms with Crippen molar-refractivity contribution >= 4 is 40.1 Å². The van der Waals surface area contributed by atoms with Crippen LogP contribution in [0.5, 0.6) is 0 Å². The second-order valence-corrected chi connectivity index (χ2v) is 6.72. The molecule has 2 aromatic carbocycles. The van der Waals surface area contributed by atoms with E-state index in [1.165, 1.54) is 7.11 Å². The number of fused-ring (bicyclic) bond motifs is 1. The number of methoxy groups -OCH3 is 1. The van der Waals surface area contributed by atoms with Crippen LogP contribution in [0.2, 0.25) is 0 Å². The van der Waals surface area contributed by atoms with Gasteiger partial charge in [-0.3, -0.25) is 9.59 Å². The zero-order chi connectivity index (χ0) is 21.0. The number of amides is 1. The van der Waals surface area contributed by atoms with E-state index in [0.29, 0.717) is 45.5 Å². The van der Waals surface area contributed by atoms with Crippen molar-refractivity contribution in [3.63, 3.8) is 0 Å². The van der Waals surface area contributed by atoms with Crippen LogP contribution < -0.4 is 10.7 Å². The predicted octanol–water partition coefficient (Wildman–Crippen LogP) is 4.38. The summed E-state index contributed by atoms with van der Waals surface area (Å²) < 4.78 is 10.8. The lowest BCUT2D eigenvalue weighted by Crippen LogP contribution is -2.14. The van der Waals surface area contributed by atoms with Crippen molar-refractivity contribution in [2.24, 2.45) is 0 Å². The maximum Gasteiger partial charge on any atom is 0.337 e. The van der Waals surface area contributed by atoms with Crippen LogP contribution in [0.4, 0.5) is 5.69 Å². The standard InChI is InChI=1S/C22H20ClNO5/c1-3-4-17-20(26)16-10-9-15(24-19(25)12-23)11-18(16)29-21(17)13-5-7-14(8-6-13)22(27)28-2/h5-11H,3-4,12H2,1-2H3,(H,24,25). The third-order valence-corrected chi connectivity index (χ3v) is 4.70. The summed E-state index contributed by atoms with van der Waals surface area (Å²) in [4.78, 5) is 36.3. The van der Waals surface area contributed by atoms with Gasteiger partial charge in [0.1, 0.15) is 17.2 Å². The molecule has 3 rings (SSSR count). The Hall–Kier alpha value is -3.12. The highest BCUT2D eigenvalue weighted by Crippen LogP contribution is 2.28. The number of hydrogen-bond donors (Lipinski definition) is 1. The SMILES string of the molecule is CCCc1c(-c2ccc(C(=O)OC)cc2)oc2cc(NC(=O)CCl)ccc2c1=O. The lowest BCUT2D eigenvalue weighted by Gasteiger charge is -2.11.